The molecule has 140 valence electrons. The number of aliphatic hydroxyl groups excluding tert-OH is 1. The number of hydrogen-bond acceptors (Lipinski definition) is 3. The van der Waals surface area contributed by atoms with Crippen LogP contribution in [0.4, 0.5) is 0 Å². The van der Waals surface area contributed by atoms with Crippen molar-refractivity contribution in [2.24, 2.45) is 5.41 Å². The van der Waals surface area contributed by atoms with Crippen LogP contribution in [0.25, 0.3) is 0 Å². The molecular formula is C22H28O3S. The third-order valence-electron chi connectivity index (χ3n) is 5.90. The molecule has 0 radical (unpaired) electrons. The van der Waals surface area contributed by atoms with E-state index in [0.29, 0.717) is 11.3 Å². The quantitative estimate of drug-likeness (QED) is 0.837. The minimum atomic E-state index is -3.46. The highest BCUT2D eigenvalue weighted by molar-refractivity contribution is 7.91. The summed E-state index contributed by atoms with van der Waals surface area (Å²) in [6, 6.07) is 17.0. The molecule has 0 aromatic heterocycles. The van der Waals surface area contributed by atoms with E-state index >= 15 is 0 Å². The molecule has 3 nitrogen and oxygen atoms in total. The Labute approximate surface area is 157 Å². The van der Waals surface area contributed by atoms with Gasteiger partial charge in [-0.2, -0.15) is 0 Å². The number of benzene rings is 2. The zero-order chi connectivity index (χ0) is 18.8. The van der Waals surface area contributed by atoms with Crippen molar-refractivity contribution in [3.8, 4) is 0 Å². The molecule has 3 rings (SSSR count). The normalized spacial score (nSPS) is 27.5. The van der Waals surface area contributed by atoms with E-state index in [4.69, 9.17) is 0 Å². The zero-order valence-corrected chi connectivity index (χ0v) is 16.4. The van der Waals surface area contributed by atoms with E-state index < -0.39 is 21.4 Å². The summed E-state index contributed by atoms with van der Waals surface area (Å²) < 4.78 is 26.5. The van der Waals surface area contributed by atoms with E-state index in [1.54, 1.807) is 12.1 Å². The number of rotatable bonds is 5. The van der Waals surface area contributed by atoms with Gasteiger partial charge >= 0.3 is 0 Å². The Kier molecular flexibility index (Phi) is 5.54. The third kappa shape index (κ3) is 3.33. The molecule has 0 saturated heterocycles. The molecule has 1 aliphatic heterocycles. The van der Waals surface area contributed by atoms with Gasteiger partial charge in [-0.05, 0) is 30.0 Å². The summed E-state index contributed by atoms with van der Waals surface area (Å²) in [7, 11) is -3.46. The molecule has 26 heavy (non-hydrogen) atoms. The van der Waals surface area contributed by atoms with Crippen LogP contribution in [-0.4, -0.2) is 25.4 Å². The van der Waals surface area contributed by atoms with Gasteiger partial charge in [-0.15, -0.1) is 0 Å². The highest BCUT2D eigenvalue weighted by atomic mass is 32.2. The number of unbranched alkanes of at least 4 members (excludes halogenated alkanes) is 1. The van der Waals surface area contributed by atoms with Crippen LogP contribution in [0.2, 0.25) is 0 Å². The van der Waals surface area contributed by atoms with E-state index in [1.807, 2.05) is 49.4 Å². The largest absolute Gasteiger partial charge is 0.392 e. The fourth-order valence-electron chi connectivity index (χ4n) is 4.34. The topological polar surface area (TPSA) is 54.4 Å². The Morgan fingerprint density at radius 2 is 1.69 bits per heavy atom. The van der Waals surface area contributed by atoms with Crippen molar-refractivity contribution in [1.82, 2.24) is 0 Å². The van der Waals surface area contributed by atoms with E-state index in [9.17, 15) is 13.5 Å². The van der Waals surface area contributed by atoms with E-state index in [1.165, 1.54) is 0 Å². The molecule has 0 bridgehead atoms. The van der Waals surface area contributed by atoms with E-state index in [2.05, 4.69) is 6.92 Å². The number of sulfone groups is 1. The molecule has 1 N–H and O–H groups in total. The van der Waals surface area contributed by atoms with Crippen molar-refractivity contribution in [3.05, 3.63) is 65.7 Å². The standard InChI is InChI=1S/C22H28O3S/c1-3-5-15-22(4-2)16-26(24,25)19-14-10-9-13-18(19)20(21(22)23)17-11-7-6-8-12-17/h6-14,20-21,23H,3-5,15-16H2,1-2H3/t20-,21+,22?/m0/s1. The van der Waals surface area contributed by atoms with Gasteiger partial charge in [0.05, 0.1) is 16.8 Å². The Morgan fingerprint density at radius 1 is 1.04 bits per heavy atom. The van der Waals surface area contributed by atoms with Gasteiger partial charge in [-0.3, -0.25) is 0 Å². The Bertz CT molecular complexity index is 845. The van der Waals surface area contributed by atoms with Gasteiger partial charge in [0, 0.05) is 11.3 Å². The summed E-state index contributed by atoms with van der Waals surface area (Å²) in [5.74, 6) is -0.320. The molecule has 1 heterocycles. The highest BCUT2D eigenvalue weighted by Gasteiger charge is 2.48. The molecule has 0 aliphatic carbocycles. The monoisotopic (exact) mass is 372 g/mol. The first-order chi connectivity index (χ1) is 12.4. The smallest absolute Gasteiger partial charge is 0.179 e. The first-order valence-corrected chi connectivity index (χ1v) is 11.1. The predicted molar refractivity (Wildman–Crippen MR) is 105 cm³/mol. The minimum Gasteiger partial charge on any atom is -0.392 e. The SMILES string of the molecule is CCCCC1(CC)CS(=O)(=O)c2ccccc2[C@H](c2ccccc2)[C@H]1O. The summed E-state index contributed by atoms with van der Waals surface area (Å²) in [6.45, 7) is 4.11. The van der Waals surface area contributed by atoms with Crippen LogP contribution in [-0.2, 0) is 9.84 Å². The molecule has 3 atom stereocenters. The summed E-state index contributed by atoms with van der Waals surface area (Å²) in [4.78, 5) is 0.375. The van der Waals surface area contributed by atoms with E-state index in [-0.39, 0.29) is 11.7 Å². The molecule has 4 heteroatoms. The lowest BCUT2D eigenvalue weighted by Gasteiger charge is -2.39. The highest BCUT2D eigenvalue weighted by Crippen LogP contribution is 2.48. The number of aliphatic hydroxyl groups is 1. The second-order valence-corrected chi connectivity index (χ2v) is 9.41. The third-order valence-corrected chi connectivity index (χ3v) is 7.90. The molecule has 0 fully saturated rings. The Morgan fingerprint density at radius 3 is 2.35 bits per heavy atom. The van der Waals surface area contributed by atoms with Gasteiger partial charge in [0.25, 0.3) is 0 Å². The average Bonchev–Trinajstić information content (AvgIpc) is 2.73. The number of fused-ring (bicyclic) bond motifs is 1. The second kappa shape index (κ2) is 7.53. The van der Waals surface area contributed by atoms with Gasteiger partial charge in [0.2, 0.25) is 0 Å². The van der Waals surface area contributed by atoms with Crippen molar-refractivity contribution in [3.63, 3.8) is 0 Å². The van der Waals surface area contributed by atoms with Crippen LogP contribution in [0.5, 0.6) is 0 Å². The van der Waals surface area contributed by atoms with Gasteiger partial charge < -0.3 is 5.11 Å². The molecular weight excluding hydrogens is 344 g/mol. The summed E-state index contributed by atoms with van der Waals surface area (Å²) in [5, 5.41) is 11.6. The molecule has 0 spiro atoms. The van der Waals surface area contributed by atoms with Crippen LogP contribution in [0.3, 0.4) is 0 Å². The molecule has 2 aromatic rings. The van der Waals surface area contributed by atoms with Crippen molar-refractivity contribution < 1.29 is 13.5 Å². The molecule has 0 amide bonds. The van der Waals surface area contributed by atoms with Crippen molar-refractivity contribution in [2.75, 3.05) is 5.75 Å². The first-order valence-electron chi connectivity index (χ1n) is 9.50. The number of hydrogen-bond donors (Lipinski definition) is 1. The van der Waals surface area contributed by atoms with Gasteiger partial charge in [0.15, 0.2) is 9.84 Å². The first kappa shape index (κ1) is 19.1. The minimum absolute atomic E-state index is 0.0119. The van der Waals surface area contributed by atoms with E-state index in [0.717, 1.165) is 30.4 Å². The molecule has 0 saturated carbocycles. The van der Waals surface area contributed by atoms with Crippen molar-refractivity contribution in [1.29, 1.82) is 0 Å². The lowest BCUT2D eigenvalue weighted by Crippen LogP contribution is -2.42. The Hall–Kier alpha value is -1.65. The van der Waals surface area contributed by atoms with Crippen molar-refractivity contribution >= 4 is 9.84 Å². The maximum atomic E-state index is 13.2. The average molecular weight is 373 g/mol. The maximum Gasteiger partial charge on any atom is 0.179 e. The Balaban J connectivity index is 2.25. The molecule has 1 unspecified atom stereocenters. The van der Waals surface area contributed by atoms with Crippen LogP contribution in [0, 0.1) is 5.41 Å². The molecule has 1 aliphatic rings. The van der Waals surface area contributed by atoms with Crippen LogP contribution in [0.15, 0.2) is 59.5 Å². The summed E-state index contributed by atoms with van der Waals surface area (Å²) in [6.07, 6.45) is 2.53. The van der Waals surface area contributed by atoms with Crippen LogP contribution in [0.1, 0.15) is 56.6 Å². The van der Waals surface area contributed by atoms with Gasteiger partial charge in [-0.25, -0.2) is 8.42 Å². The van der Waals surface area contributed by atoms with Crippen LogP contribution >= 0.6 is 0 Å². The van der Waals surface area contributed by atoms with Gasteiger partial charge in [0.1, 0.15) is 0 Å². The van der Waals surface area contributed by atoms with Crippen molar-refractivity contribution in [2.45, 2.75) is 56.4 Å². The van der Waals surface area contributed by atoms with Crippen LogP contribution < -0.4 is 0 Å². The predicted octanol–water partition coefficient (Wildman–Crippen LogP) is 4.55. The second-order valence-electron chi connectivity index (χ2n) is 7.45. The summed E-state index contributed by atoms with van der Waals surface area (Å²) in [5.41, 5.74) is 1.06. The summed E-state index contributed by atoms with van der Waals surface area (Å²) >= 11 is 0. The lowest BCUT2D eigenvalue weighted by molar-refractivity contribution is 0.0174. The lowest BCUT2D eigenvalue weighted by atomic mass is 9.69. The molecule has 2 aromatic carbocycles. The van der Waals surface area contributed by atoms with Gasteiger partial charge in [-0.1, -0.05) is 75.2 Å². The maximum absolute atomic E-state index is 13.2. The fraction of sp³-hybridized carbons (Fsp3) is 0.455. The zero-order valence-electron chi connectivity index (χ0n) is 15.6. The fourth-order valence-corrected chi connectivity index (χ4v) is 6.62.